The van der Waals surface area contributed by atoms with Crippen LogP contribution in [0.4, 0.5) is 19.0 Å². The molecule has 1 aromatic carbocycles. The van der Waals surface area contributed by atoms with Crippen LogP contribution in [0.1, 0.15) is 33.7 Å². The minimum Gasteiger partial charge on any atom is -0.304 e. The lowest BCUT2D eigenvalue weighted by Gasteiger charge is -2.06. The molecule has 0 aliphatic carbocycles. The van der Waals surface area contributed by atoms with Crippen LogP contribution in [0.3, 0.4) is 0 Å². The monoisotopic (exact) mass is 434 g/mol. The van der Waals surface area contributed by atoms with Crippen molar-refractivity contribution in [2.24, 2.45) is 0 Å². The first-order chi connectivity index (χ1) is 14.3. The van der Waals surface area contributed by atoms with Gasteiger partial charge in [-0.1, -0.05) is 29.8 Å². The van der Waals surface area contributed by atoms with E-state index in [0.29, 0.717) is 11.3 Å². The van der Waals surface area contributed by atoms with Crippen molar-refractivity contribution < 1.29 is 18.0 Å². The van der Waals surface area contributed by atoms with E-state index in [4.69, 9.17) is 11.6 Å². The van der Waals surface area contributed by atoms with Gasteiger partial charge in [0.05, 0.1) is 12.7 Å². The van der Waals surface area contributed by atoms with Crippen LogP contribution >= 0.6 is 11.6 Å². The Morgan fingerprint density at radius 3 is 2.80 bits per heavy atom. The average Bonchev–Trinajstić information content (AvgIpc) is 3.26. The third-order valence-corrected chi connectivity index (χ3v) is 4.61. The molecule has 0 aliphatic heterocycles. The molecule has 0 saturated heterocycles. The first kappa shape index (κ1) is 19.9. The molecular weight excluding hydrogens is 421 g/mol. The number of hydrogen-bond acceptors (Lipinski definition) is 4. The second-order valence-corrected chi connectivity index (χ2v) is 6.89. The summed E-state index contributed by atoms with van der Waals surface area (Å²) in [5.74, 6) is -1.02. The molecule has 7 nitrogen and oxygen atoms in total. The van der Waals surface area contributed by atoms with Crippen molar-refractivity contribution >= 4 is 29.0 Å². The second-order valence-electron chi connectivity index (χ2n) is 6.49. The molecule has 0 aliphatic rings. The van der Waals surface area contributed by atoms with Crippen LogP contribution in [0.25, 0.3) is 5.65 Å². The number of carbonyl (C=O) groups excluding carboxylic acids is 1. The fourth-order valence-corrected chi connectivity index (χ4v) is 3.17. The molecule has 11 heteroatoms. The van der Waals surface area contributed by atoms with Gasteiger partial charge in [-0.25, -0.2) is 22.7 Å². The zero-order chi connectivity index (χ0) is 21.4. The lowest BCUT2D eigenvalue weighted by Crippen LogP contribution is -2.14. The summed E-state index contributed by atoms with van der Waals surface area (Å²) in [6.07, 6.45) is -0.196. The largest absolute Gasteiger partial charge is 0.304 e. The van der Waals surface area contributed by atoms with Crippen molar-refractivity contribution in [2.75, 3.05) is 5.32 Å². The number of halogens is 4. The summed E-state index contributed by atoms with van der Waals surface area (Å²) < 4.78 is 42.6. The lowest BCUT2D eigenvalue weighted by molar-refractivity contribution is 0.102. The summed E-state index contributed by atoms with van der Waals surface area (Å²) in [7, 11) is 0. The number of alkyl halides is 2. The Morgan fingerprint density at radius 2 is 2.07 bits per heavy atom. The molecule has 1 N–H and O–H groups in total. The Hall–Kier alpha value is -3.40. The summed E-state index contributed by atoms with van der Waals surface area (Å²) in [5, 5.41) is 10.7. The van der Waals surface area contributed by atoms with Crippen LogP contribution in [0.2, 0.25) is 5.02 Å². The van der Waals surface area contributed by atoms with Gasteiger partial charge in [-0.05, 0) is 19.1 Å². The van der Waals surface area contributed by atoms with Crippen molar-refractivity contribution in [2.45, 2.75) is 19.9 Å². The number of amides is 1. The zero-order valence-electron chi connectivity index (χ0n) is 15.5. The minimum absolute atomic E-state index is 0.00953. The van der Waals surface area contributed by atoms with Gasteiger partial charge in [0.1, 0.15) is 22.1 Å². The molecule has 30 heavy (non-hydrogen) atoms. The maximum absolute atomic E-state index is 13.8. The number of rotatable bonds is 5. The van der Waals surface area contributed by atoms with E-state index in [2.05, 4.69) is 20.5 Å². The van der Waals surface area contributed by atoms with Crippen LogP contribution in [-0.4, -0.2) is 30.3 Å². The number of anilines is 1. The second kappa shape index (κ2) is 7.79. The number of nitrogens with one attached hydrogen (secondary N) is 1. The van der Waals surface area contributed by atoms with Crippen LogP contribution < -0.4 is 5.32 Å². The van der Waals surface area contributed by atoms with Gasteiger partial charge < -0.3 is 5.32 Å². The van der Waals surface area contributed by atoms with Gasteiger partial charge in [-0.2, -0.15) is 10.2 Å². The van der Waals surface area contributed by atoms with E-state index in [1.165, 1.54) is 23.0 Å². The van der Waals surface area contributed by atoms with Crippen molar-refractivity contribution in [3.05, 3.63) is 76.1 Å². The maximum Gasteiger partial charge on any atom is 0.280 e. The maximum atomic E-state index is 13.8. The molecule has 3 aromatic heterocycles. The Labute approximate surface area is 173 Å². The van der Waals surface area contributed by atoms with Gasteiger partial charge >= 0.3 is 0 Å². The number of hydrogen-bond donors (Lipinski definition) is 1. The van der Waals surface area contributed by atoms with E-state index < -0.39 is 18.1 Å². The van der Waals surface area contributed by atoms with Crippen LogP contribution in [0, 0.1) is 12.7 Å². The van der Waals surface area contributed by atoms with Crippen LogP contribution in [-0.2, 0) is 6.54 Å². The average molecular weight is 435 g/mol. The molecular formula is C19H14ClF3N6O. The molecule has 4 rings (SSSR count). The van der Waals surface area contributed by atoms with E-state index >= 15 is 0 Å². The number of carbonyl (C=O) groups is 1. The Kier molecular flexibility index (Phi) is 5.17. The number of fused-ring (bicyclic) bond motifs is 1. The normalized spacial score (nSPS) is 11.4. The van der Waals surface area contributed by atoms with Crippen molar-refractivity contribution in [3.63, 3.8) is 0 Å². The molecule has 0 fully saturated rings. The lowest BCUT2D eigenvalue weighted by atomic mass is 10.2. The fraction of sp³-hybridized carbons (Fsp3) is 0.158. The fourth-order valence-electron chi connectivity index (χ4n) is 2.97. The Morgan fingerprint density at radius 1 is 1.30 bits per heavy atom. The van der Waals surface area contributed by atoms with Gasteiger partial charge in [0.2, 0.25) is 0 Å². The molecule has 0 saturated carbocycles. The predicted molar refractivity (Wildman–Crippen MR) is 103 cm³/mol. The van der Waals surface area contributed by atoms with E-state index in [0.717, 1.165) is 10.7 Å². The van der Waals surface area contributed by atoms with Gasteiger partial charge in [0.15, 0.2) is 11.5 Å². The third kappa shape index (κ3) is 3.73. The summed E-state index contributed by atoms with van der Waals surface area (Å²) >= 11 is 6.14. The highest BCUT2D eigenvalue weighted by Gasteiger charge is 2.21. The van der Waals surface area contributed by atoms with Gasteiger partial charge in [0.25, 0.3) is 12.3 Å². The highest BCUT2D eigenvalue weighted by Crippen LogP contribution is 2.24. The highest BCUT2D eigenvalue weighted by molar-refractivity contribution is 6.33. The molecule has 3 heterocycles. The summed E-state index contributed by atoms with van der Waals surface area (Å²) in [6.45, 7) is 1.65. The summed E-state index contributed by atoms with van der Waals surface area (Å²) in [4.78, 5) is 16.8. The Balaban J connectivity index is 1.61. The summed E-state index contributed by atoms with van der Waals surface area (Å²) in [6, 6.07) is 7.41. The van der Waals surface area contributed by atoms with E-state index in [9.17, 15) is 18.0 Å². The van der Waals surface area contributed by atoms with Crippen LogP contribution in [0.15, 0.2) is 42.7 Å². The smallest absolute Gasteiger partial charge is 0.280 e. The van der Waals surface area contributed by atoms with Gasteiger partial charge in [-0.3, -0.25) is 9.48 Å². The number of aryl methyl sites for hydroxylation is 1. The molecule has 0 spiro atoms. The third-order valence-electron chi connectivity index (χ3n) is 4.33. The molecule has 0 atom stereocenters. The predicted octanol–water partition coefficient (Wildman–Crippen LogP) is 4.26. The van der Waals surface area contributed by atoms with Crippen molar-refractivity contribution in [1.82, 2.24) is 24.4 Å². The van der Waals surface area contributed by atoms with Crippen molar-refractivity contribution in [3.8, 4) is 0 Å². The van der Waals surface area contributed by atoms with Gasteiger partial charge in [-0.15, -0.1) is 0 Å². The zero-order valence-corrected chi connectivity index (χ0v) is 16.2. The van der Waals surface area contributed by atoms with Crippen molar-refractivity contribution in [1.29, 1.82) is 0 Å². The quantitative estimate of drug-likeness (QED) is 0.509. The molecule has 4 aromatic rings. The molecule has 0 radical (unpaired) electrons. The van der Waals surface area contributed by atoms with Gasteiger partial charge in [0, 0.05) is 17.5 Å². The number of nitrogens with zero attached hydrogens (tertiary/aromatic N) is 5. The topological polar surface area (TPSA) is 77.1 Å². The SMILES string of the molecule is Cc1cc(C(F)F)n2ncc(C(=O)Nc3nn(Cc4ccccc4F)cc3Cl)c2n1. The Bertz CT molecular complexity index is 1250. The number of aromatic nitrogens is 5. The first-order valence-corrected chi connectivity index (χ1v) is 9.12. The van der Waals surface area contributed by atoms with E-state index in [1.807, 2.05) is 0 Å². The first-order valence-electron chi connectivity index (χ1n) is 8.74. The molecule has 154 valence electrons. The standard InChI is InChI=1S/C19H14ClF3N6O/c1-10-6-15(16(22)23)29-18(25-10)12(7-24-29)19(30)26-17-13(20)9-28(27-17)8-11-4-2-3-5-14(11)21/h2-7,9,16H,8H2,1H3,(H,26,27,30). The summed E-state index contributed by atoms with van der Waals surface area (Å²) in [5.41, 5.74) is 0.324. The van der Waals surface area contributed by atoms with E-state index in [1.54, 1.807) is 25.1 Å². The highest BCUT2D eigenvalue weighted by atomic mass is 35.5. The van der Waals surface area contributed by atoms with E-state index in [-0.39, 0.29) is 34.3 Å². The molecule has 0 unspecified atom stereocenters. The molecule has 0 bridgehead atoms. The molecule has 1 amide bonds. The van der Waals surface area contributed by atoms with Crippen LogP contribution in [0.5, 0.6) is 0 Å². The minimum atomic E-state index is -2.78. The number of benzene rings is 1.